The molecule has 1 atom stereocenters. The fourth-order valence-corrected chi connectivity index (χ4v) is 1.78. The van der Waals surface area contributed by atoms with Crippen molar-refractivity contribution in [2.24, 2.45) is 10.9 Å². The topological polar surface area (TPSA) is 99.7 Å². The molecule has 21 heavy (non-hydrogen) atoms. The SMILES string of the molecule is CCC(C)NC(=O)CCNCc1cccc(C(N)=NO)c1. The van der Waals surface area contributed by atoms with Crippen molar-refractivity contribution < 1.29 is 10.0 Å². The molecule has 116 valence electrons. The number of nitrogens with two attached hydrogens (primary N) is 1. The molecule has 0 fully saturated rings. The second-order valence-corrected chi connectivity index (χ2v) is 4.99. The fraction of sp³-hybridized carbons (Fsp3) is 0.467. The minimum atomic E-state index is 0.0576. The van der Waals surface area contributed by atoms with E-state index in [1.807, 2.05) is 32.0 Å². The number of carbonyl (C=O) groups is 1. The van der Waals surface area contributed by atoms with Gasteiger partial charge in [-0.05, 0) is 25.0 Å². The molecule has 5 N–H and O–H groups in total. The highest BCUT2D eigenvalue weighted by Crippen LogP contribution is 2.04. The Morgan fingerprint density at radius 1 is 1.48 bits per heavy atom. The van der Waals surface area contributed by atoms with Crippen LogP contribution in [0.1, 0.15) is 37.8 Å². The number of rotatable bonds is 8. The Hall–Kier alpha value is -2.08. The number of carbonyl (C=O) groups excluding carboxylic acids is 1. The molecule has 0 spiro atoms. The maximum absolute atomic E-state index is 11.6. The molecule has 1 aromatic carbocycles. The Kier molecular flexibility index (Phi) is 7.25. The minimum absolute atomic E-state index is 0.0576. The number of amides is 1. The van der Waals surface area contributed by atoms with Gasteiger partial charge in [-0.1, -0.05) is 30.3 Å². The first-order chi connectivity index (χ1) is 10.1. The second-order valence-electron chi connectivity index (χ2n) is 4.99. The van der Waals surface area contributed by atoms with E-state index in [0.29, 0.717) is 25.1 Å². The van der Waals surface area contributed by atoms with Crippen LogP contribution in [0, 0.1) is 0 Å². The maximum atomic E-state index is 11.6. The first-order valence-electron chi connectivity index (χ1n) is 7.13. The zero-order valence-corrected chi connectivity index (χ0v) is 12.6. The predicted molar refractivity (Wildman–Crippen MR) is 83.2 cm³/mol. The Morgan fingerprint density at radius 2 is 2.24 bits per heavy atom. The Bertz CT molecular complexity index is 488. The monoisotopic (exact) mass is 292 g/mol. The molecular weight excluding hydrogens is 268 g/mol. The summed E-state index contributed by atoms with van der Waals surface area (Å²) in [6, 6.07) is 7.63. The molecule has 1 amide bonds. The Balaban J connectivity index is 2.35. The summed E-state index contributed by atoms with van der Waals surface area (Å²) in [4.78, 5) is 11.6. The summed E-state index contributed by atoms with van der Waals surface area (Å²) in [5, 5.41) is 17.8. The van der Waals surface area contributed by atoms with Crippen LogP contribution in [0.3, 0.4) is 0 Å². The summed E-state index contributed by atoms with van der Waals surface area (Å²) in [5.41, 5.74) is 7.23. The van der Waals surface area contributed by atoms with E-state index in [-0.39, 0.29) is 17.8 Å². The summed E-state index contributed by atoms with van der Waals surface area (Å²) in [6.45, 7) is 5.26. The van der Waals surface area contributed by atoms with Crippen LogP contribution in [0.4, 0.5) is 0 Å². The van der Waals surface area contributed by atoms with Crippen molar-refractivity contribution in [3.8, 4) is 0 Å². The number of nitrogens with one attached hydrogen (secondary N) is 2. The van der Waals surface area contributed by atoms with Gasteiger partial charge >= 0.3 is 0 Å². The van der Waals surface area contributed by atoms with Gasteiger partial charge in [0.25, 0.3) is 0 Å². The zero-order valence-electron chi connectivity index (χ0n) is 12.6. The van der Waals surface area contributed by atoms with Gasteiger partial charge in [0.1, 0.15) is 0 Å². The zero-order chi connectivity index (χ0) is 15.7. The first kappa shape index (κ1) is 17.0. The third-order valence-corrected chi connectivity index (χ3v) is 3.21. The second kappa shape index (κ2) is 8.97. The van der Waals surface area contributed by atoms with E-state index in [9.17, 15) is 4.79 Å². The van der Waals surface area contributed by atoms with Crippen molar-refractivity contribution in [2.75, 3.05) is 6.54 Å². The van der Waals surface area contributed by atoms with E-state index in [1.165, 1.54) is 0 Å². The number of benzene rings is 1. The highest BCUT2D eigenvalue weighted by atomic mass is 16.4. The number of nitrogens with zero attached hydrogens (tertiary/aromatic N) is 1. The molecule has 6 heteroatoms. The van der Waals surface area contributed by atoms with E-state index in [4.69, 9.17) is 10.9 Å². The third kappa shape index (κ3) is 6.27. The standard InChI is InChI=1S/C15H24N4O2/c1-3-11(2)18-14(20)7-8-17-10-12-5-4-6-13(9-12)15(16)19-21/h4-6,9,11,17,21H,3,7-8,10H2,1-2H3,(H2,16,19)(H,18,20). The van der Waals surface area contributed by atoms with E-state index < -0.39 is 0 Å². The average molecular weight is 292 g/mol. The lowest BCUT2D eigenvalue weighted by atomic mass is 10.1. The Morgan fingerprint density at radius 3 is 2.90 bits per heavy atom. The smallest absolute Gasteiger partial charge is 0.221 e. The summed E-state index contributed by atoms with van der Waals surface area (Å²) in [7, 11) is 0. The molecule has 1 rings (SSSR count). The molecule has 0 aromatic heterocycles. The van der Waals surface area contributed by atoms with Gasteiger partial charge in [0, 0.05) is 31.1 Å². The molecular formula is C15H24N4O2. The first-order valence-corrected chi connectivity index (χ1v) is 7.13. The maximum Gasteiger partial charge on any atom is 0.221 e. The number of hydrogen-bond donors (Lipinski definition) is 4. The summed E-state index contributed by atoms with van der Waals surface area (Å²) in [5.74, 6) is 0.145. The van der Waals surface area contributed by atoms with Gasteiger partial charge in [0.05, 0.1) is 0 Å². The lowest BCUT2D eigenvalue weighted by Gasteiger charge is -2.11. The van der Waals surface area contributed by atoms with Gasteiger partial charge in [0.15, 0.2) is 5.84 Å². The summed E-state index contributed by atoms with van der Waals surface area (Å²) >= 11 is 0. The number of hydrogen-bond acceptors (Lipinski definition) is 4. The summed E-state index contributed by atoms with van der Waals surface area (Å²) < 4.78 is 0. The van der Waals surface area contributed by atoms with E-state index in [1.54, 1.807) is 6.07 Å². The molecule has 1 unspecified atom stereocenters. The molecule has 0 radical (unpaired) electrons. The average Bonchev–Trinajstić information content (AvgIpc) is 2.50. The van der Waals surface area contributed by atoms with Gasteiger partial charge in [0.2, 0.25) is 5.91 Å². The lowest BCUT2D eigenvalue weighted by molar-refractivity contribution is -0.121. The predicted octanol–water partition coefficient (Wildman–Crippen LogP) is 1.18. The molecule has 0 saturated heterocycles. The van der Waals surface area contributed by atoms with Crippen LogP contribution in [-0.4, -0.2) is 29.5 Å². The third-order valence-electron chi connectivity index (χ3n) is 3.21. The lowest BCUT2D eigenvalue weighted by Crippen LogP contribution is -2.33. The van der Waals surface area contributed by atoms with Crippen LogP contribution in [0.25, 0.3) is 0 Å². The molecule has 0 heterocycles. The minimum Gasteiger partial charge on any atom is -0.409 e. The van der Waals surface area contributed by atoms with Crippen molar-refractivity contribution >= 4 is 11.7 Å². The van der Waals surface area contributed by atoms with Crippen molar-refractivity contribution in [3.63, 3.8) is 0 Å². The van der Waals surface area contributed by atoms with Crippen molar-refractivity contribution in [1.29, 1.82) is 0 Å². The van der Waals surface area contributed by atoms with Gasteiger partial charge in [-0.15, -0.1) is 0 Å². The molecule has 6 nitrogen and oxygen atoms in total. The van der Waals surface area contributed by atoms with E-state index in [2.05, 4.69) is 15.8 Å². The molecule has 0 aliphatic carbocycles. The van der Waals surface area contributed by atoms with Crippen molar-refractivity contribution in [1.82, 2.24) is 10.6 Å². The molecule has 0 bridgehead atoms. The van der Waals surface area contributed by atoms with Crippen molar-refractivity contribution in [2.45, 2.75) is 39.3 Å². The largest absolute Gasteiger partial charge is 0.409 e. The molecule has 0 aliphatic rings. The highest BCUT2D eigenvalue weighted by molar-refractivity contribution is 5.97. The molecule has 0 saturated carbocycles. The fourth-order valence-electron chi connectivity index (χ4n) is 1.78. The number of oxime groups is 1. The molecule has 0 aliphatic heterocycles. The summed E-state index contributed by atoms with van der Waals surface area (Å²) in [6.07, 6.45) is 1.38. The van der Waals surface area contributed by atoms with Crippen LogP contribution in [0.15, 0.2) is 29.4 Å². The normalized spacial score (nSPS) is 13.0. The van der Waals surface area contributed by atoms with Crippen LogP contribution in [-0.2, 0) is 11.3 Å². The van der Waals surface area contributed by atoms with Crippen LogP contribution in [0.5, 0.6) is 0 Å². The molecule has 1 aromatic rings. The van der Waals surface area contributed by atoms with E-state index in [0.717, 1.165) is 12.0 Å². The van der Waals surface area contributed by atoms with Crippen LogP contribution < -0.4 is 16.4 Å². The van der Waals surface area contributed by atoms with Gasteiger partial charge in [-0.3, -0.25) is 4.79 Å². The quantitative estimate of drug-likeness (QED) is 0.190. The van der Waals surface area contributed by atoms with Gasteiger partial charge in [-0.25, -0.2) is 0 Å². The van der Waals surface area contributed by atoms with E-state index >= 15 is 0 Å². The van der Waals surface area contributed by atoms with Crippen LogP contribution >= 0.6 is 0 Å². The van der Waals surface area contributed by atoms with Gasteiger partial charge < -0.3 is 21.6 Å². The Labute approximate surface area is 125 Å². The highest BCUT2D eigenvalue weighted by Gasteiger charge is 2.05. The van der Waals surface area contributed by atoms with Crippen LogP contribution in [0.2, 0.25) is 0 Å². The van der Waals surface area contributed by atoms with Crippen molar-refractivity contribution in [3.05, 3.63) is 35.4 Å². The van der Waals surface area contributed by atoms with Gasteiger partial charge in [-0.2, -0.15) is 0 Å². The number of amidine groups is 1.